The number of amides is 1. The van der Waals surface area contributed by atoms with E-state index in [9.17, 15) is 10.1 Å². The van der Waals surface area contributed by atoms with Crippen molar-refractivity contribution in [2.24, 2.45) is 10.8 Å². The molecule has 2 fully saturated rings. The summed E-state index contributed by atoms with van der Waals surface area (Å²) in [6, 6.07) is 2.33. The van der Waals surface area contributed by atoms with E-state index in [-0.39, 0.29) is 5.91 Å². The first-order valence-electron chi connectivity index (χ1n) is 7.86. The van der Waals surface area contributed by atoms with Crippen LogP contribution in [0.25, 0.3) is 0 Å². The molecule has 2 aliphatic rings. The fourth-order valence-corrected chi connectivity index (χ4v) is 3.38. The maximum absolute atomic E-state index is 12.4. The molecule has 0 unspecified atom stereocenters. The van der Waals surface area contributed by atoms with Crippen LogP contribution in [0.15, 0.2) is 0 Å². The van der Waals surface area contributed by atoms with Crippen molar-refractivity contribution in [3.63, 3.8) is 0 Å². The smallest absolute Gasteiger partial charge is 0.240 e. The van der Waals surface area contributed by atoms with E-state index in [1.165, 1.54) is 25.7 Å². The molecular weight excluding hydrogens is 236 g/mol. The Balaban J connectivity index is 1.92. The van der Waals surface area contributed by atoms with E-state index >= 15 is 0 Å². The molecule has 0 aromatic carbocycles. The molecule has 0 aromatic rings. The maximum atomic E-state index is 12.4. The number of hydrogen-bond acceptors (Lipinski definition) is 2. The Bertz CT molecular complexity index is 357. The summed E-state index contributed by atoms with van der Waals surface area (Å²) in [4.78, 5) is 12.4. The second kappa shape index (κ2) is 5.94. The fraction of sp³-hybridized carbons (Fsp3) is 0.875. The van der Waals surface area contributed by atoms with Crippen molar-refractivity contribution in [3.8, 4) is 6.07 Å². The van der Waals surface area contributed by atoms with E-state index in [0.29, 0.717) is 5.41 Å². The second-order valence-electron chi connectivity index (χ2n) is 6.54. The minimum atomic E-state index is -0.737. The van der Waals surface area contributed by atoms with Gasteiger partial charge in [0.2, 0.25) is 5.91 Å². The summed E-state index contributed by atoms with van der Waals surface area (Å²) in [6.45, 7) is 2.98. The molecule has 1 amide bonds. The van der Waals surface area contributed by atoms with Crippen LogP contribution in [0.3, 0.4) is 0 Å². The standard InChI is InChI=1S/C16H26N2O/c1-2-7-15(10-11-15)13-18-14(19)16(12-17)8-5-3-4-6-9-16/h2-11,13H2,1H3,(H,18,19). The molecule has 3 nitrogen and oxygen atoms in total. The Hall–Kier alpha value is -1.04. The SMILES string of the molecule is CCCC1(CNC(=O)C2(C#N)CCCCCC2)CC1. The molecule has 19 heavy (non-hydrogen) atoms. The molecule has 1 N–H and O–H groups in total. The Morgan fingerprint density at radius 3 is 2.26 bits per heavy atom. The van der Waals surface area contributed by atoms with Gasteiger partial charge in [0.15, 0.2) is 0 Å². The van der Waals surface area contributed by atoms with E-state index in [2.05, 4.69) is 18.3 Å². The topological polar surface area (TPSA) is 52.9 Å². The number of nitriles is 1. The minimum absolute atomic E-state index is 0.000668. The van der Waals surface area contributed by atoms with Crippen LogP contribution in [0, 0.1) is 22.2 Å². The van der Waals surface area contributed by atoms with Crippen LogP contribution in [0.5, 0.6) is 0 Å². The highest BCUT2D eigenvalue weighted by Gasteiger charge is 2.44. The van der Waals surface area contributed by atoms with E-state index in [4.69, 9.17) is 0 Å². The minimum Gasteiger partial charge on any atom is -0.354 e. The average molecular weight is 262 g/mol. The quantitative estimate of drug-likeness (QED) is 0.770. The number of nitrogens with one attached hydrogen (secondary N) is 1. The number of rotatable bonds is 5. The molecule has 0 atom stereocenters. The van der Waals surface area contributed by atoms with E-state index in [0.717, 1.165) is 45.1 Å². The third-order valence-electron chi connectivity index (χ3n) is 4.97. The zero-order valence-corrected chi connectivity index (χ0v) is 12.1. The summed E-state index contributed by atoms with van der Waals surface area (Å²) in [7, 11) is 0. The zero-order valence-electron chi connectivity index (χ0n) is 12.1. The van der Waals surface area contributed by atoms with Crippen molar-refractivity contribution in [1.82, 2.24) is 5.32 Å². The molecule has 0 radical (unpaired) electrons. The van der Waals surface area contributed by atoms with E-state index < -0.39 is 5.41 Å². The molecular formula is C16H26N2O. The lowest BCUT2D eigenvalue weighted by molar-refractivity contribution is -0.129. The van der Waals surface area contributed by atoms with Crippen LogP contribution >= 0.6 is 0 Å². The number of carbonyl (C=O) groups excluding carboxylic acids is 1. The van der Waals surface area contributed by atoms with Crippen molar-refractivity contribution in [3.05, 3.63) is 0 Å². The van der Waals surface area contributed by atoms with Gasteiger partial charge >= 0.3 is 0 Å². The summed E-state index contributed by atoms with van der Waals surface area (Å²) < 4.78 is 0. The predicted octanol–water partition coefficient (Wildman–Crippen LogP) is 3.55. The van der Waals surface area contributed by atoms with Crippen LogP contribution in [0.1, 0.15) is 71.1 Å². The summed E-state index contributed by atoms with van der Waals surface area (Å²) in [6.07, 6.45) is 10.7. The van der Waals surface area contributed by atoms with Gasteiger partial charge in [-0.25, -0.2) is 0 Å². The van der Waals surface area contributed by atoms with Gasteiger partial charge in [0.25, 0.3) is 0 Å². The zero-order chi connectivity index (χ0) is 13.8. The number of carbonyl (C=O) groups is 1. The van der Waals surface area contributed by atoms with Gasteiger partial charge in [-0.15, -0.1) is 0 Å². The Kier molecular flexibility index (Phi) is 4.50. The van der Waals surface area contributed by atoms with Gasteiger partial charge in [0.1, 0.15) is 5.41 Å². The van der Waals surface area contributed by atoms with Crippen LogP contribution in [0.4, 0.5) is 0 Å². The Labute approximate surface area is 116 Å². The largest absolute Gasteiger partial charge is 0.354 e. The molecule has 0 spiro atoms. The van der Waals surface area contributed by atoms with Crippen LogP contribution in [-0.2, 0) is 4.79 Å². The third kappa shape index (κ3) is 3.29. The normalized spacial score (nSPS) is 24.0. The first kappa shape index (κ1) is 14.4. The highest BCUT2D eigenvalue weighted by atomic mass is 16.2. The first-order valence-corrected chi connectivity index (χ1v) is 7.86. The van der Waals surface area contributed by atoms with Gasteiger partial charge in [0.05, 0.1) is 6.07 Å². The van der Waals surface area contributed by atoms with Gasteiger partial charge in [0, 0.05) is 6.54 Å². The molecule has 0 bridgehead atoms. The van der Waals surface area contributed by atoms with Crippen molar-refractivity contribution in [2.75, 3.05) is 6.54 Å². The summed E-state index contributed by atoms with van der Waals surface area (Å²) in [5.41, 5.74) is -0.370. The van der Waals surface area contributed by atoms with E-state index in [1.54, 1.807) is 0 Å². The lowest BCUT2D eigenvalue weighted by Crippen LogP contribution is -2.42. The number of nitrogens with zero attached hydrogens (tertiary/aromatic N) is 1. The third-order valence-corrected chi connectivity index (χ3v) is 4.97. The average Bonchev–Trinajstić information content (AvgIpc) is 3.20. The maximum Gasteiger partial charge on any atom is 0.240 e. The molecule has 2 aliphatic carbocycles. The summed E-state index contributed by atoms with van der Waals surface area (Å²) in [5.74, 6) is -0.000668. The monoisotopic (exact) mass is 262 g/mol. The van der Waals surface area contributed by atoms with Gasteiger partial charge in [-0.1, -0.05) is 39.0 Å². The Morgan fingerprint density at radius 1 is 1.16 bits per heavy atom. The van der Waals surface area contributed by atoms with Crippen molar-refractivity contribution in [2.45, 2.75) is 71.1 Å². The lowest BCUT2D eigenvalue weighted by Gasteiger charge is -2.25. The van der Waals surface area contributed by atoms with Crippen LogP contribution in [-0.4, -0.2) is 12.5 Å². The van der Waals surface area contributed by atoms with Crippen molar-refractivity contribution < 1.29 is 4.79 Å². The highest BCUT2D eigenvalue weighted by molar-refractivity contribution is 5.85. The van der Waals surface area contributed by atoms with Crippen molar-refractivity contribution >= 4 is 5.91 Å². The lowest BCUT2D eigenvalue weighted by atomic mass is 9.81. The molecule has 0 heterocycles. The van der Waals surface area contributed by atoms with Gasteiger partial charge < -0.3 is 5.32 Å². The highest BCUT2D eigenvalue weighted by Crippen LogP contribution is 2.49. The molecule has 0 saturated heterocycles. The van der Waals surface area contributed by atoms with Gasteiger partial charge in [-0.3, -0.25) is 4.79 Å². The van der Waals surface area contributed by atoms with Crippen LogP contribution in [0.2, 0.25) is 0 Å². The molecule has 106 valence electrons. The molecule has 0 aromatic heterocycles. The summed E-state index contributed by atoms with van der Waals surface area (Å²) >= 11 is 0. The Morgan fingerprint density at radius 2 is 1.79 bits per heavy atom. The molecule has 2 saturated carbocycles. The predicted molar refractivity (Wildman–Crippen MR) is 75.3 cm³/mol. The fourth-order valence-electron chi connectivity index (χ4n) is 3.38. The van der Waals surface area contributed by atoms with Crippen LogP contribution < -0.4 is 5.32 Å². The van der Waals surface area contributed by atoms with Crippen molar-refractivity contribution in [1.29, 1.82) is 5.26 Å². The van der Waals surface area contributed by atoms with E-state index in [1.807, 2.05) is 0 Å². The van der Waals surface area contributed by atoms with Gasteiger partial charge in [-0.05, 0) is 37.5 Å². The molecule has 3 heteroatoms. The number of hydrogen-bond donors (Lipinski definition) is 1. The van der Waals surface area contributed by atoms with Gasteiger partial charge in [-0.2, -0.15) is 5.26 Å². The molecule has 0 aliphatic heterocycles. The molecule has 2 rings (SSSR count). The second-order valence-corrected chi connectivity index (χ2v) is 6.54. The first-order chi connectivity index (χ1) is 9.16. The summed E-state index contributed by atoms with van der Waals surface area (Å²) in [5, 5.41) is 12.6.